The number of ether oxygens (including phenoxy) is 1. The van der Waals surface area contributed by atoms with E-state index in [9.17, 15) is 19.2 Å². The number of amides is 3. The summed E-state index contributed by atoms with van der Waals surface area (Å²) >= 11 is 0. The van der Waals surface area contributed by atoms with Crippen LogP contribution in [0.15, 0.2) is 30.9 Å². The zero-order chi connectivity index (χ0) is 21.1. The lowest BCUT2D eigenvalue weighted by atomic mass is 9.94. The minimum absolute atomic E-state index is 0.102. The molecule has 29 heavy (non-hydrogen) atoms. The Hall–Kier alpha value is -2.96. The van der Waals surface area contributed by atoms with Gasteiger partial charge in [0.05, 0.1) is 16.7 Å². The summed E-state index contributed by atoms with van der Waals surface area (Å²) < 4.78 is 5.35. The summed E-state index contributed by atoms with van der Waals surface area (Å²) in [6.07, 6.45) is 5.84. The van der Waals surface area contributed by atoms with E-state index >= 15 is 0 Å². The van der Waals surface area contributed by atoms with E-state index in [0.717, 1.165) is 30.6 Å². The Labute approximate surface area is 170 Å². The van der Waals surface area contributed by atoms with Crippen LogP contribution in [0.4, 0.5) is 0 Å². The van der Waals surface area contributed by atoms with Gasteiger partial charge in [0, 0.05) is 19.6 Å². The summed E-state index contributed by atoms with van der Waals surface area (Å²) in [5.41, 5.74) is 0.532. The second-order valence-corrected chi connectivity index (χ2v) is 7.56. The Kier molecular flexibility index (Phi) is 6.15. The molecule has 0 saturated heterocycles. The van der Waals surface area contributed by atoms with Crippen LogP contribution in [-0.2, 0) is 9.53 Å². The lowest BCUT2D eigenvalue weighted by Gasteiger charge is -2.32. The third-order valence-electron chi connectivity index (χ3n) is 5.62. The quantitative estimate of drug-likeness (QED) is 0.418. The van der Waals surface area contributed by atoms with Gasteiger partial charge < -0.3 is 9.64 Å². The molecule has 3 amide bonds. The zero-order valence-corrected chi connectivity index (χ0v) is 16.8. The fourth-order valence-corrected chi connectivity index (χ4v) is 3.93. The Balaban J connectivity index is 1.68. The van der Waals surface area contributed by atoms with E-state index in [1.807, 2.05) is 0 Å². The van der Waals surface area contributed by atoms with Crippen molar-refractivity contribution in [2.45, 2.75) is 51.2 Å². The molecule has 0 spiro atoms. The van der Waals surface area contributed by atoms with Gasteiger partial charge in [-0.2, -0.15) is 0 Å². The predicted molar refractivity (Wildman–Crippen MR) is 107 cm³/mol. The Morgan fingerprint density at radius 3 is 2.52 bits per heavy atom. The molecule has 1 aliphatic heterocycles. The normalized spacial score (nSPS) is 17.7. The minimum atomic E-state index is -0.933. The van der Waals surface area contributed by atoms with Crippen LogP contribution >= 0.6 is 0 Å². The molecule has 1 heterocycles. The molecule has 1 fully saturated rings. The van der Waals surface area contributed by atoms with Gasteiger partial charge in [-0.25, -0.2) is 4.79 Å². The van der Waals surface area contributed by atoms with Crippen molar-refractivity contribution in [1.29, 1.82) is 0 Å². The SMILES string of the molecule is C=CCN1C(=O)c2ccc(C(=O)O[C@@H](C)C(=O)N(C)C3CCCCC3)cc2C1=O. The number of nitrogens with zero attached hydrogens (tertiary/aromatic N) is 2. The fraction of sp³-hybridized carbons (Fsp3) is 0.455. The van der Waals surface area contributed by atoms with E-state index in [2.05, 4.69) is 6.58 Å². The lowest BCUT2D eigenvalue weighted by molar-refractivity contribution is -0.141. The highest BCUT2D eigenvalue weighted by Gasteiger charge is 2.35. The maximum atomic E-state index is 12.6. The molecule has 1 aliphatic carbocycles. The van der Waals surface area contributed by atoms with Crippen LogP contribution < -0.4 is 0 Å². The van der Waals surface area contributed by atoms with Crippen LogP contribution in [0.1, 0.15) is 70.1 Å². The van der Waals surface area contributed by atoms with Gasteiger partial charge in [-0.05, 0) is 38.0 Å². The van der Waals surface area contributed by atoms with Gasteiger partial charge in [0.15, 0.2) is 6.10 Å². The van der Waals surface area contributed by atoms with E-state index < -0.39 is 23.9 Å². The summed E-state index contributed by atoms with van der Waals surface area (Å²) in [5, 5.41) is 0. The van der Waals surface area contributed by atoms with E-state index in [-0.39, 0.29) is 35.2 Å². The maximum absolute atomic E-state index is 12.6. The number of fused-ring (bicyclic) bond motifs is 1. The standard InChI is InChI=1S/C22H26N2O5/c1-4-12-24-20(26)17-11-10-15(13-18(17)21(24)27)22(28)29-14(2)19(25)23(3)16-8-6-5-7-9-16/h4,10-11,13-14,16H,1,5-9,12H2,2-3H3/t14-/m0/s1. The second kappa shape index (κ2) is 8.59. The van der Waals surface area contributed by atoms with Crippen molar-refractivity contribution in [3.63, 3.8) is 0 Å². The van der Waals surface area contributed by atoms with Gasteiger partial charge in [-0.15, -0.1) is 6.58 Å². The maximum Gasteiger partial charge on any atom is 0.338 e. The molecule has 0 radical (unpaired) electrons. The Morgan fingerprint density at radius 1 is 1.21 bits per heavy atom. The Morgan fingerprint density at radius 2 is 1.86 bits per heavy atom. The predicted octanol–water partition coefficient (Wildman–Crippen LogP) is 2.81. The third kappa shape index (κ3) is 4.09. The van der Waals surface area contributed by atoms with Crippen LogP contribution in [-0.4, -0.2) is 59.2 Å². The number of likely N-dealkylation sites (N-methyl/N-ethyl adjacent to an activating group) is 1. The molecule has 0 aromatic heterocycles. The molecule has 3 rings (SSSR count). The van der Waals surface area contributed by atoms with Crippen molar-refractivity contribution in [2.24, 2.45) is 0 Å². The van der Waals surface area contributed by atoms with Gasteiger partial charge in [-0.3, -0.25) is 19.3 Å². The average Bonchev–Trinajstić information content (AvgIpc) is 2.97. The van der Waals surface area contributed by atoms with E-state index in [1.54, 1.807) is 18.9 Å². The summed E-state index contributed by atoms with van der Waals surface area (Å²) in [4.78, 5) is 52.6. The van der Waals surface area contributed by atoms with Crippen molar-refractivity contribution in [1.82, 2.24) is 9.80 Å². The largest absolute Gasteiger partial charge is 0.449 e. The number of carbonyl (C=O) groups excluding carboxylic acids is 4. The highest BCUT2D eigenvalue weighted by molar-refractivity contribution is 6.22. The highest BCUT2D eigenvalue weighted by Crippen LogP contribution is 2.25. The zero-order valence-electron chi connectivity index (χ0n) is 16.8. The minimum Gasteiger partial charge on any atom is -0.449 e. The molecule has 0 bridgehead atoms. The van der Waals surface area contributed by atoms with Crippen LogP contribution in [0, 0.1) is 0 Å². The number of esters is 1. The van der Waals surface area contributed by atoms with Crippen molar-refractivity contribution in [2.75, 3.05) is 13.6 Å². The topological polar surface area (TPSA) is 84.0 Å². The molecule has 1 saturated carbocycles. The van der Waals surface area contributed by atoms with Crippen LogP contribution in [0.5, 0.6) is 0 Å². The molecule has 1 atom stereocenters. The first-order valence-corrected chi connectivity index (χ1v) is 9.94. The average molecular weight is 398 g/mol. The molecule has 7 heteroatoms. The molecule has 7 nitrogen and oxygen atoms in total. The molecule has 154 valence electrons. The second-order valence-electron chi connectivity index (χ2n) is 7.56. The molecular formula is C22H26N2O5. The number of hydrogen-bond acceptors (Lipinski definition) is 5. The number of benzene rings is 1. The van der Waals surface area contributed by atoms with Crippen LogP contribution in [0.2, 0.25) is 0 Å². The molecule has 2 aliphatic rings. The Bertz CT molecular complexity index is 857. The van der Waals surface area contributed by atoms with Gasteiger partial charge >= 0.3 is 5.97 Å². The van der Waals surface area contributed by atoms with Crippen LogP contribution in [0.3, 0.4) is 0 Å². The van der Waals surface area contributed by atoms with Crippen molar-refractivity contribution in [3.05, 3.63) is 47.5 Å². The van der Waals surface area contributed by atoms with Crippen LogP contribution in [0.25, 0.3) is 0 Å². The highest BCUT2D eigenvalue weighted by atomic mass is 16.5. The summed E-state index contributed by atoms with van der Waals surface area (Å²) in [5.74, 6) is -1.83. The first-order chi connectivity index (χ1) is 13.8. The summed E-state index contributed by atoms with van der Waals surface area (Å²) in [6.45, 7) is 5.19. The first kappa shape index (κ1) is 20.8. The number of rotatable bonds is 6. The number of imide groups is 1. The van der Waals surface area contributed by atoms with Gasteiger partial charge in [-0.1, -0.05) is 25.3 Å². The van der Waals surface area contributed by atoms with E-state index in [4.69, 9.17) is 4.74 Å². The fourth-order valence-electron chi connectivity index (χ4n) is 3.93. The van der Waals surface area contributed by atoms with Crippen molar-refractivity contribution in [3.8, 4) is 0 Å². The molecule has 0 unspecified atom stereocenters. The summed E-state index contributed by atoms with van der Waals surface area (Å²) in [7, 11) is 1.75. The number of hydrogen-bond donors (Lipinski definition) is 0. The van der Waals surface area contributed by atoms with Crippen molar-refractivity contribution < 1.29 is 23.9 Å². The molecule has 0 N–H and O–H groups in total. The summed E-state index contributed by atoms with van der Waals surface area (Å²) in [6, 6.07) is 4.40. The van der Waals surface area contributed by atoms with E-state index in [1.165, 1.54) is 30.7 Å². The van der Waals surface area contributed by atoms with Crippen molar-refractivity contribution >= 4 is 23.7 Å². The first-order valence-electron chi connectivity index (χ1n) is 9.94. The van der Waals surface area contributed by atoms with Gasteiger partial charge in [0.25, 0.3) is 17.7 Å². The van der Waals surface area contributed by atoms with E-state index in [0.29, 0.717) is 0 Å². The van der Waals surface area contributed by atoms with Gasteiger partial charge in [0.1, 0.15) is 0 Å². The van der Waals surface area contributed by atoms with Gasteiger partial charge in [0.2, 0.25) is 0 Å². The lowest BCUT2D eigenvalue weighted by Crippen LogP contribution is -2.44. The smallest absolute Gasteiger partial charge is 0.338 e. The monoisotopic (exact) mass is 398 g/mol. The molecular weight excluding hydrogens is 372 g/mol. The molecule has 1 aromatic carbocycles. The molecule has 1 aromatic rings. The number of carbonyl (C=O) groups is 4. The third-order valence-corrected chi connectivity index (χ3v) is 5.62.